The third kappa shape index (κ3) is 3.45. The highest BCUT2D eigenvalue weighted by atomic mass is 15.1. The van der Waals surface area contributed by atoms with Crippen molar-refractivity contribution in [1.82, 2.24) is 9.97 Å². The molecule has 0 aliphatic carbocycles. The molecule has 2 aromatic rings. The van der Waals surface area contributed by atoms with Gasteiger partial charge in [0.05, 0.1) is 0 Å². The predicted molar refractivity (Wildman–Crippen MR) is 70.2 cm³/mol. The molecule has 0 fully saturated rings. The largest absolute Gasteiger partial charge is 0.370 e. The predicted octanol–water partition coefficient (Wildman–Crippen LogP) is 2.17. The Balaban J connectivity index is 1.86. The summed E-state index contributed by atoms with van der Waals surface area (Å²) in [6.45, 7) is 0.865. The molecule has 0 radical (unpaired) electrons. The van der Waals surface area contributed by atoms with E-state index < -0.39 is 0 Å². The lowest BCUT2D eigenvalue weighted by molar-refractivity contribution is 1.000. The molecule has 0 spiro atoms. The van der Waals surface area contributed by atoms with Gasteiger partial charge in [0.15, 0.2) is 0 Å². The van der Waals surface area contributed by atoms with Crippen LogP contribution in [0.25, 0.3) is 0 Å². The molecule has 0 atom stereocenters. The standard InChI is InChI=1S/C13H16N4/c1-14-13-16-10-8-12(17-13)15-9-7-11-5-3-2-4-6-11/h2-6,8,10H,7,9H2,1H3,(H2,14,15,16,17). The first-order valence-electron chi connectivity index (χ1n) is 5.67. The Kier molecular flexibility index (Phi) is 3.91. The number of hydrogen-bond acceptors (Lipinski definition) is 4. The lowest BCUT2D eigenvalue weighted by Crippen LogP contribution is -2.07. The van der Waals surface area contributed by atoms with Crippen LogP contribution in [0.3, 0.4) is 0 Å². The minimum absolute atomic E-state index is 0.634. The van der Waals surface area contributed by atoms with Gasteiger partial charge in [-0.05, 0) is 18.1 Å². The molecule has 1 aromatic carbocycles. The van der Waals surface area contributed by atoms with Crippen LogP contribution < -0.4 is 10.6 Å². The molecule has 2 N–H and O–H groups in total. The van der Waals surface area contributed by atoms with Gasteiger partial charge in [0.2, 0.25) is 5.95 Å². The van der Waals surface area contributed by atoms with Crippen molar-refractivity contribution in [3.05, 3.63) is 48.2 Å². The van der Waals surface area contributed by atoms with E-state index in [2.05, 4.69) is 44.9 Å². The normalized spacial score (nSPS) is 9.94. The molecule has 4 nitrogen and oxygen atoms in total. The zero-order valence-electron chi connectivity index (χ0n) is 9.85. The number of aromatic nitrogens is 2. The second-order valence-corrected chi connectivity index (χ2v) is 3.68. The maximum absolute atomic E-state index is 4.29. The fraction of sp³-hybridized carbons (Fsp3) is 0.231. The average Bonchev–Trinajstić information content (AvgIpc) is 2.40. The zero-order valence-corrected chi connectivity index (χ0v) is 9.85. The molecule has 0 unspecified atom stereocenters. The summed E-state index contributed by atoms with van der Waals surface area (Å²) in [5, 5.41) is 6.19. The van der Waals surface area contributed by atoms with Crippen LogP contribution in [0.2, 0.25) is 0 Å². The summed E-state index contributed by atoms with van der Waals surface area (Å²) in [6, 6.07) is 12.3. The quantitative estimate of drug-likeness (QED) is 0.823. The second kappa shape index (κ2) is 5.84. The number of nitrogens with one attached hydrogen (secondary N) is 2. The van der Waals surface area contributed by atoms with Crippen molar-refractivity contribution in [2.24, 2.45) is 0 Å². The number of rotatable bonds is 5. The summed E-state index contributed by atoms with van der Waals surface area (Å²) in [7, 11) is 1.81. The lowest BCUT2D eigenvalue weighted by Gasteiger charge is -2.06. The molecule has 0 amide bonds. The van der Waals surface area contributed by atoms with Crippen LogP contribution in [0.5, 0.6) is 0 Å². The van der Waals surface area contributed by atoms with E-state index in [-0.39, 0.29) is 0 Å². The molecule has 0 aliphatic heterocycles. The Labute approximate surface area is 101 Å². The highest BCUT2D eigenvalue weighted by molar-refractivity contribution is 5.39. The minimum atomic E-state index is 0.634. The SMILES string of the molecule is CNc1nccc(NCCc2ccccc2)n1. The van der Waals surface area contributed by atoms with E-state index in [0.717, 1.165) is 18.8 Å². The van der Waals surface area contributed by atoms with Gasteiger partial charge in [0.1, 0.15) is 5.82 Å². The fourth-order valence-corrected chi connectivity index (χ4v) is 1.56. The highest BCUT2D eigenvalue weighted by Gasteiger charge is 1.96. The first-order valence-corrected chi connectivity index (χ1v) is 5.67. The molecule has 1 heterocycles. The Morgan fingerprint density at radius 2 is 1.94 bits per heavy atom. The van der Waals surface area contributed by atoms with Crippen LogP contribution >= 0.6 is 0 Å². The van der Waals surface area contributed by atoms with Gasteiger partial charge >= 0.3 is 0 Å². The Hall–Kier alpha value is -2.10. The fourth-order valence-electron chi connectivity index (χ4n) is 1.56. The van der Waals surface area contributed by atoms with E-state index in [1.54, 1.807) is 6.20 Å². The van der Waals surface area contributed by atoms with Crippen molar-refractivity contribution in [3.8, 4) is 0 Å². The molecule has 17 heavy (non-hydrogen) atoms. The van der Waals surface area contributed by atoms with Gasteiger partial charge < -0.3 is 10.6 Å². The van der Waals surface area contributed by atoms with Gasteiger partial charge in [-0.2, -0.15) is 4.98 Å². The van der Waals surface area contributed by atoms with Gasteiger partial charge in [0.25, 0.3) is 0 Å². The summed E-state index contributed by atoms with van der Waals surface area (Å²) >= 11 is 0. The van der Waals surface area contributed by atoms with E-state index in [1.165, 1.54) is 5.56 Å². The zero-order chi connectivity index (χ0) is 11.9. The molecular weight excluding hydrogens is 212 g/mol. The number of benzene rings is 1. The minimum Gasteiger partial charge on any atom is -0.370 e. The first kappa shape index (κ1) is 11.4. The molecule has 4 heteroatoms. The van der Waals surface area contributed by atoms with Gasteiger partial charge in [-0.1, -0.05) is 30.3 Å². The van der Waals surface area contributed by atoms with Gasteiger partial charge in [-0.15, -0.1) is 0 Å². The van der Waals surface area contributed by atoms with E-state index in [4.69, 9.17) is 0 Å². The topological polar surface area (TPSA) is 49.8 Å². The number of hydrogen-bond donors (Lipinski definition) is 2. The van der Waals surface area contributed by atoms with Crippen LogP contribution in [-0.2, 0) is 6.42 Å². The highest BCUT2D eigenvalue weighted by Crippen LogP contribution is 2.05. The van der Waals surface area contributed by atoms with Crippen LogP contribution in [0.1, 0.15) is 5.56 Å². The summed E-state index contributed by atoms with van der Waals surface area (Å²) < 4.78 is 0. The third-order valence-corrected chi connectivity index (χ3v) is 2.44. The summed E-state index contributed by atoms with van der Waals surface area (Å²) in [5.41, 5.74) is 1.32. The summed E-state index contributed by atoms with van der Waals surface area (Å²) in [6.07, 6.45) is 2.73. The molecule has 1 aromatic heterocycles. The Morgan fingerprint density at radius 1 is 1.12 bits per heavy atom. The summed E-state index contributed by atoms with van der Waals surface area (Å²) in [5.74, 6) is 1.48. The Bertz CT molecular complexity index is 456. The van der Waals surface area contributed by atoms with Crippen LogP contribution in [-0.4, -0.2) is 23.6 Å². The van der Waals surface area contributed by atoms with Gasteiger partial charge in [-0.25, -0.2) is 4.98 Å². The summed E-state index contributed by atoms with van der Waals surface area (Å²) in [4.78, 5) is 8.35. The molecule has 0 aliphatic rings. The van der Waals surface area contributed by atoms with Crippen molar-refractivity contribution in [2.45, 2.75) is 6.42 Å². The Morgan fingerprint density at radius 3 is 2.71 bits per heavy atom. The number of anilines is 2. The average molecular weight is 228 g/mol. The van der Waals surface area contributed by atoms with Crippen LogP contribution in [0, 0.1) is 0 Å². The molecule has 0 bridgehead atoms. The van der Waals surface area contributed by atoms with E-state index in [9.17, 15) is 0 Å². The van der Waals surface area contributed by atoms with E-state index in [1.807, 2.05) is 19.2 Å². The van der Waals surface area contributed by atoms with E-state index >= 15 is 0 Å². The van der Waals surface area contributed by atoms with Gasteiger partial charge in [-0.3, -0.25) is 0 Å². The maximum Gasteiger partial charge on any atom is 0.224 e. The van der Waals surface area contributed by atoms with Gasteiger partial charge in [0, 0.05) is 19.8 Å². The monoisotopic (exact) mass is 228 g/mol. The molecule has 2 rings (SSSR count). The molecule has 0 saturated carbocycles. The van der Waals surface area contributed by atoms with Crippen LogP contribution in [0.15, 0.2) is 42.6 Å². The lowest BCUT2D eigenvalue weighted by atomic mass is 10.1. The maximum atomic E-state index is 4.29. The first-order chi connectivity index (χ1) is 8.38. The third-order valence-electron chi connectivity index (χ3n) is 2.44. The van der Waals surface area contributed by atoms with E-state index in [0.29, 0.717) is 5.95 Å². The molecular formula is C13H16N4. The second-order valence-electron chi connectivity index (χ2n) is 3.68. The smallest absolute Gasteiger partial charge is 0.224 e. The number of nitrogens with zero attached hydrogens (tertiary/aromatic N) is 2. The molecule has 0 saturated heterocycles. The van der Waals surface area contributed by atoms with Crippen molar-refractivity contribution in [1.29, 1.82) is 0 Å². The van der Waals surface area contributed by atoms with Crippen molar-refractivity contribution in [2.75, 3.05) is 24.2 Å². The molecule has 88 valence electrons. The van der Waals surface area contributed by atoms with Crippen molar-refractivity contribution < 1.29 is 0 Å². The van der Waals surface area contributed by atoms with Crippen LogP contribution in [0.4, 0.5) is 11.8 Å². The van der Waals surface area contributed by atoms with Crippen molar-refractivity contribution in [3.63, 3.8) is 0 Å². The van der Waals surface area contributed by atoms with Crippen molar-refractivity contribution >= 4 is 11.8 Å².